The van der Waals surface area contributed by atoms with Crippen LogP contribution >= 0.6 is 0 Å². The molecule has 0 aromatic heterocycles. The van der Waals surface area contributed by atoms with Gasteiger partial charge in [-0.15, -0.1) is 0 Å². The molecule has 17 heavy (non-hydrogen) atoms. The van der Waals surface area contributed by atoms with E-state index in [-0.39, 0.29) is 0 Å². The number of nitrogens with zero attached hydrogens (tertiary/aromatic N) is 1. The molecule has 0 aliphatic carbocycles. The second kappa shape index (κ2) is 4.31. The van der Waals surface area contributed by atoms with Crippen LogP contribution in [0.1, 0.15) is 24.0 Å². The Morgan fingerprint density at radius 2 is 2.00 bits per heavy atom. The molecule has 2 unspecified atom stereocenters. The van der Waals surface area contributed by atoms with E-state index in [2.05, 4.69) is 24.0 Å². The van der Waals surface area contributed by atoms with Crippen molar-refractivity contribution >= 4 is 5.69 Å². The third kappa shape index (κ3) is 2.31. The number of nitrogens with two attached hydrogens (primary N) is 1. The summed E-state index contributed by atoms with van der Waals surface area (Å²) in [6.07, 6.45) is 3.37. The topological polar surface area (TPSA) is 38.5 Å². The summed E-state index contributed by atoms with van der Waals surface area (Å²) in [4.78, 5) is 2.48. The van der Waals surface area contributed by atoms with Crippen molar-refractivity contribution in [2.75, 3.05) is 18.8 Å². The molecule has 3 heteroatoms. The van der Waals surface area contributed by atoms with Crippen molar-refractivity contribution in [3.05, 3.63) is 29.3 Å². The maximum Gasteiger partial charge on any atom is 0.0707 e. The molecule has 0 amide bonds. The summed E-state index contributed by atoms with van der Waals surface area (Å²) in [6.45, 7) is 5.20. The Labute approximate surface area is 103 Å². The van der Waals surface area contributed by atoms with E-state index in [0.717, 1.165) is 25.3 Å². The summed E-state index contributed by atoms with van der Waals surface area (Å²) in [6, 6.07) is 6.29. The predicted molar refractivity (Wildman–Crippen MR) is 68.8 cm³/mol. The Hall–Kier alpha value is -1.06. The van der Waals surface area contributed by atoms with Crippen molar-refractivity contribution in [2.45, 2.75) is 38.5 Å². The van der Waals surface area contributed by atoms with Crippen LogP contribution in [0.4, 0.5) is 5.69 Å². The number of hydrogen-bond donors (Lipinski definition) is 1. The van der Waals surface area contributed by atoms with Gasteiger partial charge in [-0.05, 0) is 31.4 Å². The Bertz CT molecular complexity index is 407. The SMILES string of the molecule is Cc1ccc(N)c(CN2CC3CCC(C2)O3)c1. The van der Waals surface area contributed by atoms with Crippen LogP contribution in [0.2, 0.25) is 0 Å². The van der Waals surface area contributed by atoms with Gasteiger partial charge in [0, 0.05) is 25.3 Å². The maximum absolute atomic E-state index is 6.03. The van der Waals surface area contributed by atoms with Gasteiger partial charge in [-0.2, -0.15) is 0 Å². The van der Waals surface area contributed by atoms with E-state index >= 15 is 0 Å². The standard InChI is InChI=1S/C14H20N2O/c1-10-2-5-14(15)11(6-10)7-16-8-12-3-4-13(9-16)17-12/h2,5-6,12-13H,3-4,7-9,15H2,1H3. The summed E-state index contributed by atoms with van der Waals surface area (Å²) in [5.74, 6) is 0. The lowest BCUT2D eigenvalue weighted by molar-refractivity contribution is -0.0410. The van der Waals surface area contributed by atoms with Crippen LogP contribution in [0.25, 0.3) is 0 Å². The van der Waals surface area contributed by atoms with Crippen LogP contribution in [0.5, 0.6) is 0 Å². The number of aryl methyl sites for hydroxylation is 1. The molecule has 2 atom stereocenters. The fourth-order valence-electron chi connectivity index (χ4n) is 2.94. The van der Waals surface area contributed by atoms with Crippen LogP contribution in [0, 0.1) is 6.92 Å². The van der Waals surface area contributed by atoms with Gasteiger partial charge >= 0.3 is 0 Å². The minimum Gasteiger partial charge on any atom is -0.398 e. The molecule has 0 radical (unpaired) electrons. The Morgan fingerprint density at radius 3 is 2.71 bits per heavy atom. The smallest absolute Gasteiger partial charge is 0.0707 e. The van der Waals surface area contributed by atoms with E-state index in [4.69, 9.17) is 10.5 Å². The van der Waals surface area contributed by atoms with Crippen LogP contribution < -0.4 is 5.73 Å². The quantitative estimate of drug-likeness (QED) is 0.792. The highest BCUT2D eigenvalue weighted by atomic mass is 16.5. The maximum atomic E-state index is 6.03. The van der Waals surface area contributed by atoms with Crippen molar-refractivity contribution < 1.29 is 4.74 Å². The number of anilines is 1. The number of likely N-dealkylation sites (tertiary alicyclic amines) is 1. The zero-order chi connectivity index (χ0) is 11.8. The van der Waals surface area contributed by atoms with Crippen molar-refractivity contribution in [2.24, 2.45) is 0 Å². The van der Waals surface area contributed by atoms with E-state index in [0.29, 0.717) is 12.2 Å². The van der Waals surface area contributed by atoms with Crippen LogP contribution in [0.3, 0.4) is 0 Å². The fourth-order valence-corrected chi connectivity index (χ4v) is 2.94. The summed E-state index contributed by atoms with van der Waals surface area (Å²) < 4.78 is 5.85. The number of morpholine rings is 1. The average molecular weight is 232 g/mol. The molecule has 1 aromatic carbocycles. The predicted octanol–water partition coefficient (Wildman–Crippen LogP) is 1.94. The van der Waals surface area contributed by atoms with Crippen LogP contribution in [0.15, 0.2) is 18.2 Å². The second-order valence-corrected chi connectivity index (χ2v) is 5.35. The molecule has 3 nitrogen and oxygen atoms in total. The molecule has 2 N–H and O–H groups in total. The van der Waals surface area contributed by atoms with Crippen molar-refractivity contribution in [3.8, 4) is 0 Å². The first kappa shape index (κ1) is 11.1. The third-order valence-electron chi connectivity index (χ3n) is 3.81. The molecular weight excluding hydrogens is 212 g/mol. The monoisotopic (exact) mass is 232 g/mol. The molecule has 2 aliphatic rings. The molecule has 3 rings (SSSR count). The first-order chi connectivity index (χ1) is 8.20. The van der Waals surface area contributed by atoms with Crippen molar-refractivity contribution in [1.29, 1.82) is 0 Å². The van der Waals surface area contributed by atoms with E-state index in [9.17, 15) is 0 Å². The zero-order valence-electron chi connectivity index (χ0n) is 10.4. The van der Waals surface area contributed by atoms with E-state index in [1.54, 1.807) is 0 Å². The lowest BCUT2D eigenvalue weighted by atomic mass is 10.1. The highest BCUT2D eigenvalue weighted by molar-refractivity contribution is 5.48. The molecule has 1 aromatic rings. The third-order valence-corrected chi connectivity index (χ3v) is 3.81. The number of ether oxygens (including phenoxy) is 1. The van der Waals surface area contributed by atoms with Gasteiger partial charge in [0.2, 0.25) is 0 Å². The summed E-state index contributed by atoms with van der Waals surface area (Å²) in [5, 5.41) is 0. The minimum atomic E-state index is 0.458. The van der Waals surface area contributed by atoms with Gasteiger partial charge in [0.1, 0.15) is 0 Å². The molecule has 0 spiro atoms. The minimum absolute atomic E-state index is 0.458. The summed E-state index contributed by atoms with van der Waals surface area (Å²) in [5.41, 5.74) is 9.48. The molecule has 2 heterocycles. The zero-order valence-corrected chi connectivity index (χ0v) is 10.4. The second-order valence-electron chi connectivity index (χ2n) is 5.35. The van der Waals surface area contributed by atoms with Crippen LogP contribution in [-0.4, -0.2) is 30.2 Å². The van der Waals surface area contributed by atoms with Gasteiger partial charge in [-0.25, -0.2) is 0 Å². The number of hydrogen-bond acceptors (Lipinski definition) is 3. The Balaban J connectivity index is 1.72. The van der Waals surface area contributed by atoms with Gasteiger partial charge in [0.15, 0.2) is 0 Å². The number of rotatable bonds is 2. The van der Waals surface area contributed by atoms with Gasteiger partial charge in [-0.1, -0.05) is 17.7 Å². The molecule has 2 saturated heterocycles. The first-order valence-corrected chi connectivity index (χ1v) is 6.43. The van der Waals surface area contributed by atoms with E-state index < -0.39 is 0 Å². The fraction of sp³-hybridized carbons (Fsp3) is 0.571. The van der Waals surface area contributed by atoms with Gasteiger partial charge in [-0.3, -0.25) is 4.90 Å². The molecular formula is C14H20N2O. The highest BCUT2D eigenvalue weighted by Gasteiger charge is 2.33. The Kier molecular flexibility index (Phi) is 2.81. The van der Waals surface area contributed by atoms with Gasteiger partial charge in [0.05, 0.1) is 12.2 Å². The number of fused-ring (bicyclic) bond motifs is 2. The first-order valence-electron chi connectivity index (χ1n) is 6.43. The Morgan fingerprint density at radius 1 is 1.29 bits per heavy atom. The molecule has 2 fully saturated rings. The van der Waals surface area contributed by atoms with Crippen molar-refractivity contribution in [3.63, 3.8) is 0 Å². The number of nitrogen functional groups attached to an aromatic ring is 1. The summed E-state index contributed by atoms with van der Waals surface area (Å²) >= 11 is 0. The molecule has 2 aliphatic heterocycles. The van der Waals surface area contributed by atoms with Gasteiger partial charge in [0.25, 0.3) is 0 Å². The van der Waals surface area contributed by atoms with E-state index in [1.165, 1.54) is 24.0 Å². The molecule has 2 bridgehead atoms. The van der Waals surface area contributed by atoms with Crippen LogP contribution in [-0.2, 0) is 11.3 Å². The van der Waals surface area contributed by atoms with Gasteiger partial charge < -0.3 is 10.5 Å². The lowest BCUT2D eigenvalue weighted by Gasteiger charge is -2.32. The highest BCUT2D eigenvalue weighted by Crippen LogP contribution is 2.28. The van der Waals surface area contributed by atoms with Crippen molar-refractivity contribution in [1.82, 2.24) is 4.90 Å². The normalized spacial score (nSPS) is 28.5. The number of benzene rings is 1. The van der Waals surface area contributed by atoms with E-state index in [1.807, 2.05) is 6.07 Å². The summed E-state index contributed by atoms with van der Waals surface area (Å²) in [7, 11) is 0. The molecule has 0 saturated carbocycles. The lowest BCUT2D eigenvalue weighted by Crippen LogP contribution is -2.42. The molecule has 92 valence electrons. The largest absolute Gasteiger partial charge is 0.398 e. The average Bonchev–Trinajstić information content (AvgIpc) is 2.63.